The molecule has 0 aliphatic rings. The molecule has 0 aliphatic carbocycles. The number of nitrogens with two attached hydrogens (primary N) is 2. The van der Waals surface area contributed by atoms with E-state index in [0.717, 1.165) is 33.6 Å². The molecule has 2 aromatic carbocycles. The Balaban J connectivity index is 1.45. The van der Waals surface area contributed by atoms with Crippen molar-refractivity contribution >= 4 is 29.3 Å². The first-order chi connectivity index (χ1) is 14.4. The minimum absolute atomic E-state index is 0.321. The van der Waals surface area contributed by atoms with Gasteiger partial charge in [0.25, 0.3) is 0 Å². The molecular weight excluding hydrogens is 380 g/mol. The summed E-state index contributed by atoms with van der Waals surface area (Å²) in [5.74, 6) is 0.725. The average Bonchev–Trinajstić information content (AvgIpc) is 3.33. The van der Waals surface area contributed by atoms with Crippen LogP contribution in [-0.2, 0) is 0 Å². The summed E-state index contributed by atoms with van der Waals surface area (Å²) in [6, 6.07) is 11.1. The number of benzene rings is 2. The van der Waals surface area contributed by atoms with Crippen molar-refractivity contribution < 1.29 is 4.79 Å². The molecule has 0 aliphatic heterocycles. The lowest BCUT2D eigenvalue weighted by Gasteiger charge is -2.13. The molecule has 9 heteroatoms. The van der Waals surface area contributed by atoms with Crippen molar-refractivity contribution in [1.29, 1.82) is 0 Å². The van der Waals surface area contributed by atoms with Crippen LogP contribution < -0.4 is 22.1 Å². The lowest BCUT2D eigenvalue weighted by Crippen LogP contribution is -2.20. The molecule has 4 aromatic rings. The molecule has 0 fully saturated rings. The highest BCUT2D eigenvalue weighted by Crippen LogP contribution is 2.26. The van der Waals surface area contributed by atoms with E-state index in [2.05, 4.69) is 30.6 Å². The smallest absolute Gasteiger partial charge is 0.323 e. The molecular formula is C21H22N8O. The largest absolute Gasteiger partial charge is 0.369 e. The predicted molar refractivity (Wildman–Crippen MR) is 119 cm³/mol. The molecule has 8 N–H and O–H groups in total. The zero-order chi connectivity index (χ0) is 21.3. The summed E-state index contributed by atoms with van der Waals surface area (Å²) in [6.07, 6.45) is 3.35. The lowest BCUT2D eigenvalue weighted by atomic mass is 10.1. The fourth-order valence-corrected chi connectivity index (χ4v) is 3.19. The van der Waals surface area contributed by atoms with Crippen LogP contribution in [0.2, 0.25) is 0 Å². The number of nitrogens with zero attached hydrogens (tertiary/aromatic N) is 2. The van der Waals surface area contributed by atoms with Crippen molar-refractivity contribution in [3.05, 3.63) is 59.9 Å². The Kier molecular flexibility index (Phi) is 4.85. The minimum atomic E-state index is -0.321. The van der Waals surface area contributed by atoms with Gasteiger partial charge >= 0.3 is 6.03 Å². The second-order valence-electron chi connectivity index (χ2n) is 7.00. The molecule has 2 heterocycles. The van der Waals surface area contributed by atoms with Crippen molar-refractivity contribution in [3.63, 3.8) is 0 Å². The first-order valence-corrected chi connectivity index (χ1v) is 9.30. The van der Waals surface area contributed by atoms with E-state index in [9.17, 15) is 4.79 Å². The summed E-state index contributed by atoms with van der Waals surface area (Å²) in [5.41, 5.74) is 18.1. The fraction of sp³-hybridized carbons (Fsp3) is 0.0952. The number of nitrogen functional groups attached to an aromatic ring is 2. The summed E-state index contributed by atoms with van der Waals surface area (Å²) >= 11 is 0. The normalized spacial score (nSPS) is 10.7. The quantitative estimate of drug-likeness (QED) is 0.306. The van der Waals surface area contributed by atoms with Crippen LogP contribution in [0.3, 0.4) is 0 Å². The molecule has 0 saturated carbocycles. The van der Waals surface area contributed by atoms with Gasteiger partial charge in [-0.2, -0.15) is 0 Å². The van der Waals surface area contributed by atoms with Crippen molar-refractivity contribution in [1.82, 2.24) is 19.9 Å². The van der Waals surface area contributed by atoms with Gasteiger partial charge in [-0.25, -0.2) is 14.8 Å². The number of rotatable bonds is 4. The number of aromatic nitrogens is 4. The highest BCUT2D eigenvalue weighted by molar-refractivity contribution is 6.01. The number of aryl methyl sites for hydroxylation is 2. The second kappa shape index (κ2) is 7.63. The SMILES string of the molecule is Cc1cc(-c2cnc(N)[nH]2)ccc1NC(=O)Nc1ccc(-c2cnc(N)[nH]2)cc1C. The number of imidazole rings is 2. The number of nitrogens with one attached hydrogen (secondary N) is 4. The van der Waals surface area contributed by atoms with Gasteiger partial charge in [0.1, 0.15) is 0 Å². The molecule has 0 saturated heterocycles. The van der Waals surface area contributed by atoms with Gasteiger partial charge in [0.15, 0.2) is 11.9 Å². The molecule has 0 unspecified atom stereocenters. The number of hydrogen-bond donors (Lipinski definition) is 6. The number of aromatic amines is 2. The third-order valence-corrected chi connectivity index (χ3v) is 4.76. The topological polar surface area (TPSA) is 151 Å². The van der Waals surface area contributed by atoms with Gasteiger partial charge in [-0.1, -0.05) is 12.1 Å². The highest BCUT2D eigenvalue weighted by Gasteiger charge is 2.10. The van der Waals surface area contributed by atoms with E-state index in [1.54, 1.807) is 12.4 Å². The van der Waals surface area contributed by atoms with E-state index in [1.807, 2.05) is 50.2 Å². The Hall–Kier alpha value is -4.27. The highest BCUT2D eigenvalue weighted by atomic mass is 16.2. The van der Waals surface area contributed by atoms with Crippen LogP contribution >= 0.6 is 0 Å². The van der Waals surface area contributed by atoms with Crippen molar-refractivity contribution in [2.75, 3.05) is 22.1 Å². The van der Waals surface area contributed by atoms with E-state index < -0.39 is 0 Å². The van der Waals surface area contributed by atoms with Gasteiger partial charge < -0.3 is 32.1 Å². The zero-order valence-corrected chi connectivity index (χ0v) is 16.6. The fourth-order valence-electron chi connectivity index (χ4n) is 3.19. The lowest BCUT2D eigenvalue weighted by molar-refractivity contribution is 0.262. The Morgan fingerprint density at radius 1 is 0.800 bits per heavy atom. The van der Waals surface area contributed by atoms with E-state index in [0.29, 0.717) is 23.3 Å². The van der Waals surface area contributed by atoms with Gasteiger partial charge in [-0.3, -0.25) is 0 Å². The van der Waals surface area contributed by atoms with Gasteiger partial charge in [0.2, 0.25) is 0 Å². The number of carbonyl (C=O) groups is 1. The second-order valence-corrected chi connectivity index (χ2v) is 7.00. The summed E-state index contributed by atoms with van der Waals surface area (Å²) < 4.78 is 0. The number of hydrogen-bond acceptors (Lipinski definition) is 5. The zero-order valence-electron chi connectivity index (χ0n) is 16.6. The third-order valence-electron chi connectivity index (χ3n) is 4.76. The maximum Gasteiger partial charge on any atom is 0.323 e. The van der Waals surface area contributed by atoms with E-state index in [1.165, 1.54) is 0 Å². The maximum absolute atomic E-state index is 12.5. The first kappa shape index (κ1) is 19.1. The summed E-state index contributed by atoms with van der Waals surface area (Å²) in [4.78, 5) is 26.5. The number of carbonyl (C=O) groups excluding carboxylic acids is 1. The molecule has 0 bridgehead atoms. The van der Waals surface area contributed by atoms with Gasteiger partial charge in [0.05, 0.1) is 23.8 Å². The molecule has 30 heavy (non-hydrogen) atoms. The number of urea groups is 1. The summed E-state index contributed by atoms with van der Waals surface area (Å²) in [5, 5.41) is 5.77. The summed E-state index contributed by atoms with van der Waals surface area (Å²) in [7, 11) is 0. The molecule has 2 amide bonds. The molecule has 4 rings (SSSR count). The van der Waals surface area contributed by atoms with Crippen LogP contribution in [0.1, 0.15) is 11.1 Å². The molecule has 152 valence electrons. The molecule has 0 spiro atoms. The van der Waals surface area contributed by atoms with Gasteiger partial charge in [-0.15, -0.1) is 0 Å². The van der Waals surface area contributed by atoms with Crippen LogP contribution in [0.15, 0.2) is 48.8 Å². The Morgan fingerprint density at radius 2 is 1.23 bits per heavy atom. The van der Waals surface area contributed by atoms with E-state index in [4.69, 9.17) is 11.5 Å². The van der Waals surface area contributed by atoms with Crippen LogP contribution in [0.25, 0.3) is 22.5 Å². The van der Waals surface area contributed by atoms with Gasteiger partial charge in [-0.05, 0) is 49.2 Å². The predicted octanol–water partition coefficient (Wildman–Crippen LogP) is 3.89. The van der Waals surface area contributed by atoms with Crippen molar-refractivity contribution in [3.8, 4) is 22.5 Å². The Bertz CT molecular complexity index is 1130. The minimum Gasteiger partial charge on any atom is -0.369 e. The first-order valence-electron chi connectivity index (χ1n) is 9.30. The van der Waals surface area contributed by atoms with E-state index in [-0.39, 0.29) is 6.03 Å². The van der Waals surface area contributed by atoms with Crippen molar-refractivity contribution in [2.45, 2.75) is 13.8 Å². The summed E-state index contributed by atoms with van der Waals surface area (Å²) in [6.45, 7) is 3.85. The van der Waals surface area contributed by atoms with Gasteiger partial charge in [0, 0.05) is 22.5 Å². The standard InChI is InChI=1S/C21H22N8O/c1-11-7-13(17-9-24-19(22)26-17)3-5-15(11)28-21(30)29-16-6-4-14(8-12(16)2)18-10-25-20(23)27-18/h3-10H,1-2H3,(H3,22,24,26)(H3,23,25,27)(H2,28,29,30). The molecule has 9 nitrogen and oxygen atoms in total. The number of amides is 2. The number of H-pyrrole nitrogens is 2. The average molecular weight is 402 g/mol. The molecule has 2 aromatic heterocycles. The Labute approximate surface area is 172 Å². The van der Waals surface area contributed by atoms with E-state index >= 15 is 0 Å². The van der Waals surface area contributed by atoms with Crippen LogP contribution in [-0.4, -0.2) is 26.0 Å². The molecule has 0 radical (unpaired) electrons. The Morgan fingerprint density at radius 3 is 1.57 bits per heavy atom. The number of anilines is 4. The van der Waals surface area contributed by atoms with Crippen LogP contribution in [0.5, 0.6) is 0 Å². The van der Waals surface area contributed by atoms with Crippen molar-refractivity contribution in [2.24, 2.45) is 0 Å². The van der Waals surface area contributed by atoms with Crippen LogP contribution in [0.4, 0.5) is 28.1 Å². The van der Waals surface area contributed by atoms with Crippen LogP contribution in [0, 0.1) is 13.8 Å². The molecule has 0 atom stereocenters. The maximum atomic E-state index is 12.5. The monoisotopic (exact) mass is 402 g/mol. The third kappa shape index (κ3) is 3.95.